The SMILES string of the molecule is CN(Cc1nccc(N)n1)[C@H]1CCN(C(=O)[C@@H]2SCCc3sccc32)C1. The number of hydrogen-bond donors (Lipinski definition) is 1. The quantitative estimate of drug-likeness (QED) is 0.864. The highest BCUT2D eigenvalue weighted by Gasteiger charge is 2.36. The minimum Gasteiger partial charge on any atom is -0.384 e. The zero-order valence-corrected chi connectivity index (χ0v) is 16.4. The summed E-state index contributed by atoms with van der Waals surface area (Å²) < 4.78 is 0. The monoisotopic (exact) mass is 389 g/mol. The number of carbonyl (C=O) groups excluding carboxylic acids is 1. The van der Waals surface area contributed by atoms with E-state index in [0.29, 0.717) is 18.4 Å². The number of aromatic nitrogens is 2. The van der Waals surface area contributed by atoms with Gasteiger partial charge in [0.1, 0.15) is 16.9 Å². The summed E-state index contributed by atoms with van der Waals surface area (Å²) in [7, 11) is 2.07. The van der Waals surface area contributed by atoms with Crippen molar-refractivity contribution in [3.63, 3.8) is 0 Å². The highest BCUT2D eigenvalue weighted by atomic mass is 32.2. The molecule has 1 saturated heterocycles. The van der Waals surface area contributed by atoms with Gasteiger partial charge in [-0.2, -0.15) is 0 Å². The molecule has 2 aliphatic heterocycles. The van der Waals surface area contributed by atoms with Gasteiger partial charge in [-0.25, -0.2) is 9.97 Å². The largest absolute Gasteiger partial charge is 0.384 e. The molecule has 2 aliphatic rings. The highest BCUT2D eigenvalue weighted by molar-refractivity contribution is 8.00. The number of nitrogens with two attached hydrogens (primary N) is 1. The van der Waals surface area contributed by atoms with Crippen LogP contribution in [0.4, 0.5) is 5.82 Å². The highest BCUT2D eigenvalue weighted by Crippen LogP contribution is 2.41. The van der Waals surface area contributed by atoms with Crippen LogP contribution in [0.3, 0.4) is 0 Å². The standard InChI is InChI=1S/C18H23N5OS2/c1-22(11-16-20-6-2-15(19)21-16)12-3-7-23(10-12)18(24)17-13-4-8-25-14(13)5-9-26-17/h2,4,6,8,12,17H,3,5,7,9-11H2,1H3,(H2,19,20,21)/t12-,17+/m0/s1. The molecule has 8 heteroatoms. The van der Waals surface area contributed by atoms with Crippen molar-refractivity contribution in [3.8, 4) is 0 Å². The number of amides is 1. The van der Waals surface area contributed by atoms with E-state index in [2.05, 4.69) is 33.4 Å². The van der Waals surface area contributed by atoms with Crippen LogP contribution in [0.15, 0.2) is 23.7 Å². The Bertz CT molecular complexity index is 795. The lowest BCUT2D eigenvalue weighted by molar-refractivity contribution is -0.129. The molecule has 138 valence electrons. The molecule has 2 atom stereocenters. The summed E-state index contributed by atoms with van der Waals surface area (Å²) in [6.45, 7) is 2.24. The molecule has 0 unspecified atom stereocenters. The van der Waals surface area contributed by atoms with Crippen molar-refractivity contribution in [1.82, 2.24) is 19.8 Å². The summed E-state index contributed by atoms with van der Waals surface area (Å²) in [4.78, 5) is 27.3. The average molecular weight is 390 g/mol. The number of thioether (sulfide) groups is 1. The topological polar surface area (TPSA) is 75.4 Å². The second kappa shape index (κ2) is 7.54. The molecule has 2 N–H and O–H groups in total. The molecule has 0 saturated carbocycles. The summed E-state index contributed by atoms with van der Waals surface area (Å²) in [5, 5.41) is 2.09. The average Bonchev–Trinajstić information content (AvgIpc) is 3.30. The number of nitrogens with zero attached hydrogens (tertiary/aromatic N) is 4. The van der Waals surface area contributed by atoms with Gasteiger partial charge in [0.2, 0.25) is 5.91 Å². The molecule has 0 bridgehead atoms. The first kappa shape index (κ1) is 17.8. The van der Waals surface area contributed by atoms with Crippen LogP contribution in [0.5, 0.6) is 0 Å². The van der Waals surface area contributed by atoms with Crippen molar-refractivity contribution < 1.29 is 4.79 Å². The van der Waals surface area contributed by atoms with E-state index in [9.17, 15) is 4.79 Å². The van der Waals surface area contributed by atoms with Gasteiger partial charge in [-0.15, -0.1) is 23.1 Å². The summed E-state index contributed by atoms with van der Waals surface area (Å²) in [6, 6.07) is 4.16. The normalized spacial score (nSPS) is 22.6. The third-order valence-corrected chi connectivity index (χ3v) is 7.34. The molecule has 26 heavy (non-hydrogen) atoms. The number of rotatable bonds is 4. The van der Waals surface area contributed by atoms with Crippen molar-refractivity contribution in [1.29, 1.82) is 0 Å². The number of anilines is 1. The summed E-state index contributed by atoms with van der Waals surface area (Å²) in [5.41, 5.74) is 6.98. The second-order valence-electron chi connectivity index (χ2n) is 6.84. The van der Waals surface area contributed by atoms with E-state index in [1.54, 1.807) is 35.4 Å². The molecule has 0 aliphatic carbocycles. The van der Waals surface area contributed by atoms with Crippen molar-refractivity contribution in [2.24, 2.45) is 0 Å². The molecule has 4 rings (SSSR count). The predicted octanol–water partition coefficient (Wildman–Crippen LogP) is 2.18. The molecule has 2 aromatic heterocycles. The molecular weight excluding hydrogens is 366 g/mol. The lowest BCUT2D eigenvalue weighted by Gasteiger charge is -2.28. The summed E-state index contributed by atoms with van der Waals surface area (Å²) in [6.07, 6.45) is 3.76. The molecule has 0 radical (unpaired) electrons. The molecule has 0 spiro atoms. The van der Waals surface area contributed by atoms with Crippen LogP contribution in [0.25, 0.3) is 0 Å². The maximum absolute atomic E-state index is 13.1. The molecular formula is C18H23N5OS2. The Morgan fingerprint density at radius 1 is 1.46 bits per heavy atom. The fourth-order valence-electron chi connectivity index (χ4n) is 3.66. The van der Waals surface area contributed by atoms with E-state index in [4.69, 9.17) is 5.73 Å². The van der Waals surface area contributed by atoms with Gasteiger partial charge in [0, 0.05) is 30.2 Å². The Morgan fingerprint density at radius 2 is 2.35 bits per heavy atom. The lowest BCUT2D eigenvalue weighted by Crippen LogP contribution is -2.38. The number of hydrogen-bond acceptors (Lipinski definition) is 7. The molecule has 1 fully saturated rings. The van der Waals surface area contributed by atoms with Crippen LogP contribution < -0.4 is 5.73 Å². The molecule has 1 amide bonds. The number of thiophene rings is 1. The van der Waals surface area contributed by atoms with Crippen LogP contribution in [-0.4, -0.2) is 57.6 Å². The van der Waals surface area contributed by atoms with Gasteiger partial charge < -0.3 is 10.6 Å². The Kier molecular flexibility index (Phi) is 5.15. The Hall–Kier alpha value is -1.64. The molecule has 4 heterocycles. The Balaban J connectivity index is 1.38. The molecule has 2 aromatic rings. The minimum absolute atomic E-state index is 0.0219. The van der Waals surface area contributed by atoms with Crippen molar-refractivity contribution in [2.45, 2.75) is 30.7 Å². The van der Waals surface area contributed by atoms with Gasteiger partial charge in [-0.05, 0) is 48.7 Å². The van der Waals surface area contributed by atoms with Gasteiger partial charge in [-0.3, -0.25) is 9.69 Å². The number of likely N-dealkylation sites (N-methyl/N-ethyl adjacent to an activating group) is 1. The second-order valence-corrected chi connectivity index (χ2v) is 9.05. The first-order valence-corrected chi connectivity index (χ1v) is 10.8. The van der Waals surface area contributed by atoms with Gasteiger partial charge in [0.15, 0.2) is 0 Å². The third-order valence-electron chi connectivity index (χ3n) is 5.12. The van der Waals surface area contributed by atoms with Crippen LogP contribution in [-0.2, 0) is 17.8 Å². The van der Waals surface area contributed by atoms with Gasteiger partial charge in [0.05, 0.1) is 6.54 Å². The van der Waals surface area contributed by atoms with E-state index in [1.165, 1.54) is 10.4 Å². The Morgan fingerprint density at radius 3 is 3.19 bits per heavy atom. The molecule has 0 aromatic carbocycles. The fourth-order valence-corrected chi connectivity index (χ4v) is 6.04. The zero-order valence-electron chi connectivity index (χ0n) is 14.8. The van der Waals surface area contributed by atoms with E-state index in [-0.39, 0.29) is 11.2 Å². The number of likely N-dealkylation sites (tertiary alicyclic amines) is 1. The third kappa shape index (κ3) is 3.58. The minimum atomic E-state index is -0.0219. The smallest absolute Gasteiger partial charge is 0.240 e. The van der Waals surface area contributed by atoms with E-state index in [0.717, 1.165) is 37.5 Å². The fraction of sp³-hybridized carbons (Fsp3) is 0.500. The van der Waals surface area contributed by atoms with Crippen LogP contribution in [0.1, 0.15) is 27.9 Å². The predicted molar refractivity (Wildman–Crippen MR) is 106 cm³/mol. The summed E-state index contributed by atoms with van der Waals surface area (Å²) in [5.74, 6) is 2.52. The lowest BCUT2D eigenvalue weighted by atomic mass is 10.1. The van der Waals surface area contributed by atoms with E-state index < -0.39 is 0 Å². The van der Waals surface area contributed by atoms with Gasteiger partial charge in [-0.1, -0.05) is 0 Å². The maximum atomic E-state index is 13.1. The number of aryl methyl sites for hydroxylation is 1. The maximum Gasteiger partial charge on any atom is 0.240 e. The van der Waals surface area contributed by atoms with Gasteiger partial charge >= 0.3 is 0 Å². The number of fused-ring (bicyclic) bond motifs is 1. The number of carbonyl (C=O) groups is 1. The zero-order chi connectivity index (χ0) is 18.1. The van der Waals surface area contributed by atoms with E-state index in [1.807, 2.05) is 4.90 Å². The van der Waals surface area contributed by atoms with E-state index >= 15 is 0 Å². The van der Waals surface area contributed by atoms with Gasteiger partial charge in [0.25, 0.3) is 0 Å². The van der Waals surface area contributed by atoms with Crippen LogP contribution >= 0.6 is 23.1 Å². The molecule has 6 nitrogen and oxygen atoms in total. The first-order chi connectivity index (χ1) is 12.6. The first-order valence-electron chi connectivity index (χ1n) is 8.86. The van der Waals surface area contributed by atoms with Crippen molar-refractivity contribution in [2.75, 3.05) is 31.6 Å². The summed E-state index contributed by atoms with van der Waals surface area (Å²) >= 11 is 3.57. The number of nitrogen functional groups attached to an aromatic ring is 1. The Labute approximate surface area is 161 Å². The van der Waals surface area contributed by atoms with Crippen molar-refractivity contribution in [3.05, 3.63) is 40.0 Å². The van der Waals surface area contributed by atoms with Crippen LogP contribution in [0, 0.1) is 0 Å². The van der Waals surface area contributed by atoms with Crippen LogP contribution in [0.2, 0.25) is 0 Å². The van der Waals surface area contributed by atoms with Crippen molar-refractivity contribution >= 4 is 34.8 Å².